The third kappa shape index (κ3) is 25.7. The summed E-state index contributed by atoms with van der Waals surface area (Å²) in [5.41, 5.74) is 0. The third-order valence-corrected chi connectivity index (χ3v) is 6.79. The van der Waals surface area contributed by atoms with Crippen molar-refractivity contribution >= 4 is 5.97 Å². The molecule has 0 aromatic heterocycles. The predicted octanol–water partition coefficient (Wildman–Crippen LogP) is 10.7. The molecule has 0 aromatic rings. The lowest BCUT2D eigenvalue weighted by molar-refractivity contribution is -0.148. The first-order valence-corrected chi connectivity index (χ1v) is 15.0. The van der Waals surface area contributed by atoms with E-state index in [1.54, 1.807) is 0 Å². The first-order valence-electron chi connectivity index (χ1n) is 15.0. The Bertz CT molecular complexity index is 415. The molecule has 1 unspecified atom stereocenters. The molecule has 0 rings (SSSR count). The molecule has 0 heterocycles. The second-order valence-corrected chi connectivity index (χ2v) is 10.3. The average Bonchev–Trinajstić information content (AvgIpc) is 2.82. The van der Waals surface area contributed by atoms with Gasteiger partial charge < -0.3 is 4.74 Å². The molecule has 2 heteroatoms. The molecule has 0 amide bonds. The molecule has 0 fully saturated rings. The highest BCUT2D eigenvalue weighted by atomic mass is 16.5. The molecule has 1 atom stereocenters. The molecule has 0 aromatic carbocycles. The molecule has 0 saturated heterocycles. The summed E-state index contributed by atoms with van der Waals surface area (Å²) in [6.07, 6.45) is 34.6. The van der Waals surface area contributed by atoms with E-state index in [1.807, 2.05) is 6.92 Å². The van der Waals surface area contributed by atoms with Crippen molar-refractivity contribution in [3.8, 4) is 0 Å². The molecule has 0 N–H and O–H groups in total. The largest absolute Gasteiger partial charge is 0.465 e. The van der Waals surface area contributed by atoms with E-state index in [0.29, 0.717) is 6.61 Å². The van der Waals surface area contributed by atoms with Crippen LogP contribution in [0.4, 0.5) is 0 Å². The SMILES string of the molecule is CCCCCCCCC=CCCCCCCC(C)C(=O)OCCCCCCCCCCCC. The Kier molecular flexibility index (Phi) is 26.8. The Morgan fingerprint density at radius 3 is 1.45 bits per heavy atom. The van der Waals surface area contributed by atoms with Gasteiger partial charge in [0.15, 0.2) is 0 Å². The molecule has 0 aliphatic rings. The summed E-state index contributed by atoms with van der Waals surface area (Å²) >= 11 is 0. The second-order valence-electron chi connectivity index (χ2n) is 10.3. The van der Waals surface area contributed by atoms with E-state index in [9.17, 15) is 4.79 Å². The maximum atomic E-state index is 12.1. The van der Waals surface area contributed by atoms with E-state index in [2.05, 4.69) is 26.0 Å². The normalized spacial score (nSPS) is 12.5. The van der Waals surface area contributed by atoms with Gasteiger partial charge >= 0.3 is 5.97 Å². The summed E-state index contributed by atoms with van der Waals surface area (Å²) in [5.74, 6) is 0.0777. The number of carbonyl (C=O) groups excluding carboxylic acids is 1. The zero-order valence-electron chi connectivity index (χ0n) is 23.0. The van der Waals surface area contributed by atoms with Crippen LogP contribution >= 0.6 is 0 Å². The zero-order chi connectivity index (χ0) is 24.2. The standard InChI is InChI=1S/C31H60O2/c1-4-6-8-10-12-14-16-17-18-19-20-22-24-26-28-30(3)31(32)33-29-27-25-23-21-15-13-11-9-7-5-2/h17-18,30H,4-16,19-29H2,1-3H3. The molecule has 2 nitrogen and oxygen atoms in total. The van der Waals surface area contributed by atoms with Gasteiger partial charge in [0.2, 0.25) is 0 Å². The Balaban J connectivity index is 3.35. The van der Waals surface area contributed by atoms with Crippen LogP contribution in [0.1, 0.15) is 168 Å². The van der Waals surface area contributed by atoms with Crippen LogP contribution in [0, 0.1) is 5.92 Å². The molecule has 196 valence electrons. The van der Waals surface area contributed by atoms with Crippen molar-refractivity contribution in [2.24, 2.45) is 5.92 Å². The number of allylic oxidation sites excluding steroid dienone is 2. The van der Waals surface area contributed by atoms with E-state index < -0.39 is 0 Å². The van der Waals surface area contributed by atoms with Gasteiger partial charge in [-0.1, -0.05) is 142 Å². The number of hydrogen-bond donors (Lipinski definition) is 0. The minimum atomic E-state index is 0.0172. The number of unbranched alkanes of at least 4 members (excludes halogenated alkanes) is 19. The van der Waals surface area contributed by atoms with Crippen LogP contribution in [0.3, 0.4) is 0 Å². The first kappa shape index (κ1) is 32.2. The van der Waals surface area contributed by atoms with Crippen molar-refractivity contribution in [3.05, 3.63) is 12.2 Å². The number of rotatable bonds is 26. The van der Waals surface area contributed by atoms with Gasteiger partial charge in [-0.25, -0.2) is 0 Å². The van der Waals surface area contributed by atoms with Gasteiger partial charge in [0, 0.05) is 0 Å². The molecule has 0 bridgehead atoms. The first-order chi connectivity index (χ1) is 16.2. The third-order valence-electron chi connectivity index (χ3n) is 6.79. The van der Waals surface area contributed by atoms with E-state index in [4.69, 9.17) is 4.74 Å². The average molecular weight is 465 g/mol. The van der Waals surface area contributed by atoms with Crippen molar-refractivity contribution in [3.63, 3.8) is 0 Å². The van der Waals surface area contributed by atoms with Gasteiger partial charge in [-0.15, -0.1) is 0 Å². The quantitative estimate of drug-likeness (QED) is 0.0722. The van der Waals surface area contributed by atoms with E-state index in [1.165, 1.54) is 128 Å². The summed E-state index contributed by atoms with van der Waals surface area (Å²) in [5, 5.41) is 0. The summed E-state index contributed by atoms with van der Waals surface area (Å²) < 4.78 is 5.50. The van der Waals surface area contributed by atoms with Gasteiger partial charge in [-0.2, -0.15) is 0 Å². The van der Waals surface area contributed by atoms with Crippen molar-refractivity contribution in [2.45, 2.75) is 168 Å². The monoisotopic (exact) mass is 464 g/mol. The topological polar surface area (TPSA) is 26.3 Å². The van der Waals surface area contributed by atoms with Crippen LogP contribution in [-0.4, -0.2) is 12.6 Å². The highest BCUT2D eigenvalue weighted by molar-refractivity contribution is 5.71. The Morgan fingerprint density at radius 1 is 0.576 bits per heavy atom. The molecule has 0 saturated carbocycles. The fourth-order valence-corrected chi connectivity index (χ4v) is 4.37. The molecule has 0 aliphatic carbocycles. The summed E-state index contributed by atoms with van der Waals surface area (Å²) in [6.45, 7) is 7.19. The molecule has 0 radical (unpaired) electrons. The van der Waals surface area contributed by atoms with Crippen molar-refractivity contribution in [1.82, 2.24) is 0 Å². The smallest absolute Gasteiger partial charge is 0.308 e. The zero-order valence-corrected chi connectivity index (χ0v) is 23.0. The molecule has 0 aliphatic heterocycles. The van der Waals surface area contributed by atoms with Gasteiger partial charge in [-0.3, -0.25) is 4.79 Å². The highest BCUT2D eigenvalue weighted by Crippen LogP contribution is 2.14. The molecular weight excluding hydrogens is 404 g/mol. The van der Waals surface area contributed by atoms with Gasteiger partial charge in [-0.05, 0) is 38.5 Å². The van der Waals surface area contributed by atoms with Gasteiger partial charge in [0.1, 0.15) is 0 Å². The van der Waals surface area contributed by atoms with Gasteiger partial charge in [0.25, 0.3) is 0 Å². The van der Waals surface area contributed by atoms with Crippen LogP contribution in [0.25, 0.3) is 0 Å². The summed E-state index contributed by atoms with van der Waals surface area (Å²) in [7, 11) is 0. The molecule has 0 spiro atoms. The number of ether oxygens (including phenoxy) is 1. The lowest BCUT2D eigenvalue weighted by atomic mass is 10.0. The lowest BCUT2D eigenvalue weighted by Gasteiger charge is -2.11. The van der Waals surface area contributed by atoms with Crippen molar-refractivity contribution in [1.29, 1.82) is 0 Å². The van der Waals surface area contributed by atoms with Crippen LogP contribution in [0.2, 0.25) is 0 Å². The summed E-state index contributed by atoms with van der Waals surface area (Å²) in [6, 6.07) is 0. The fraction of sp³-hybridized carbons (Fsp3) is 0.903. The van der Waals surface area contributed by atoms with Crippen molar-refractivity contribution < 1.29 is 9.53 Å². The Labute approximate surface area is 208 Å². The maximum absolute atomic E-state index is 12.1. The minimum Gasteiger partial charge on any atom is -0.465 e. The van der Waals surface area contributed by atoms with Crippen molar-refractivity contribution in [2.75, 3.05) is 6.61 Å². The minimum absolute atomic E-state index is 0.0172. The van der Waals surface area contributed by atoms with E-state index in [-0.39, 0.29) is 11.9 Å². The predicted molar refractivity (Wildman–Crippen MR) is 147 cm³/mol. The van der Waals surface area contributed by atoms with Crippen LogP contribution in [-0.2, 0) is 9.53 Å². The number of esters is 1. The van der Waals surface area contributed by atoms with E-state index in [0.717, 1.165) is 19.3 Å². The molecular formula is C31H60O2. The van der Waals surface area contributed by atoms with Crippen LogP contribution in [0.5, 0.6) is 0 Å². The lowest BCUT2D eigenvalue weighted by Crippen LogP contribution is -2.15. The highest BCUT2D eigenvalue weighted by Gasteiger charge is 2.13. The van der Waals surface area contributed by atoms with Gasteiger partial charge in [0.05, 0.1) is 12.5 Å². The number of hydrogen-bond acceptors (Lipinski definition) is 2. The fourth-order valence-electron chi connectivity index (χ4n) is 4.37. The maximum Gasteiger partial charge on any atom is 0.308 e. The van der Waals surface area contributed by atoms with E-state index >= 15 is 0 Å². The Morgan fingerprint density at radius 2 is 0.970 bits per heavy atom. The Hall–Kier alpha value is -0.790. The number of carbonyl (C=O) groups is 1. The van der Waals surface area contributed by atoms with Crippen LogP contribution in [0.15, 0.2) is 12.2 Å². The summed E-state index contributed by atoms with van der Waals surface area (Å²) in [4.78, 5) is 12.1. The van der Waals surface area contributed by atoms with Crippen LogP contribution < -0.4 is 0 Å². The molecule has 33 heavy (non-hydrogen) atoms. The second kappa shape index (κ2) is 27.5.